The van der Waals surface area contributed by atoms with Crippen molar-refractivity contribution in [3.05, 3.63) is 28.2 Å². The van der Waals surface area contributed by atoms with Gasteiger partial charge in [-0.25, -0.2) is 8.78 Å². The van der Waals surface area contributed by atoms with E-state index in [0.717, 1.165) is 12.1 Å². The number of anilines is 1. The summed E-state index contributed by atoms with van der Waals surface area (Å²) >= 11 is 2.86. The highest BCUT2D eigenvalue weighted by molar-refractivity contribution is 9.10. The third kappa shape index (κ3) is 3.23. The van der Waals surface area contributed by atoms with E-state index in [-0.39, 0.29) is 10.2 Å². The summed E-state index contributed by atoms with van der Waals surface area (Å²) in [6, 6.07) is 1.90. The first-order valence-corrected chi connectivity index (χ1v) is 5.72. The molecule has 0 atom stereocenters. The van der Waals surface area contributed by atoms with Gasteiger partial charge in [-0.2, -0.15) is 0 Å². The van der Waals surface area contributed by atoms with Crippen LogP contribution in [0.5, 0.6) is 0 Å². The largest absolute Gasteiger partial charge is 0.322 e. The fourth-order valence-corrected chi connectivity index (χ4v) is 1.33. The van der Waals surface area contributed by atoms with E-state index in [1.54, 1.807) is 20.9 Å². The van der Waals surface area contributed by atoms with Gasteiger partial charge in [0.05, 0.1) is 15.7 Å². The first-order chi connectivity index (χ1) is 7.77. The number of hydrogen-bond acceptors (Lipinski definition) is 2. The van der Waals surface area contributed by atoms with E-state index < -0.39 is 23.1 Å². The second kappa shape index (κ2) is 5.10. The lowest BCUT2D eigenvalue weighted by Crippen LogP contribution is -2.48. The Hall–Kier alpha value is -1.01. The summed E-state index contributed by atoms with van der Waals surface area (Å²) in [5.41, 5.74) is -1.05. The zero-order valence-corrected chi connectivity index (χ0v) is 11.3. The normalized spacial score (nSPS) is 11.4. The van der Waals surface area contributed by atoms with Crippen LogP contribution in [-0.2, 0) is 4.79 Å². The Morgan fingerprint density at radius 3 is 2.41 bits per heavy atom. The molecule has 94 valence electrons. The van der Waals surface area contributed by atoms with E-state index in [2.05, 4.69) is 26.6 Å². The van der Waals surface area contributed by atoms with Crippen molar-refractivity contribution in [3.63, 3.8) is 0 Å². The lowest BCUT2D eigenvalue weighted by atomic mass is 10.1. The van der Waals surface area contributed by atoms with Gasteiger partial charge in [0, 0.05) is 6.07 Å². The highest BCUT2D eigenvalue weighted by Crippen LogP contribution is 2.23. The lowest BCUT2D eigenvalue weighted by molar-refractivity contribution is -0.121. The number of benzene rings is 1. The zero-order chi connectivity index (χ0) is 13.2. The molecule has 0 fully saturated rings. The van der Waals surface area contributed by atoms with Crippen LogP contribution in [0.2, 0.25) is 0 Å². The summed E-state index contributed by atoms with van der Waals surface area (Å²) in [6.07, 6.45) is 0. The number of likely N-dealkylation sites (N-methyl/N-ethyl adjacent to an activating group) is 1. The molecule has 0 spiro atoms. The van der Waals surface area contributed by atoms with Crippen LogP contribution in [0.4, 0.5) is 14.5 Å². The molecule has 17 heavy (non-hydrogen) atoms. The molecule has 0 saturated heterocycles. The summed E-state index contributed by atoms with van der Waals surface area (Å²) < 4.78 is 26.7. The highest BCUT2D eigenvalue weighted by atomic mass is 79.9. The van der Waals surface area contributed by atoms with Crippen molar-refractivity contribution in [2.75, 3.05) is 12.4 Å². The fraction of sp³-hybridized carbons (Fsp3) is 0.364. The number of nitrogens with one attached hydrogen (secondary N) is 2. The predicted molar refractivity (Wildman–Crippen MR) is 65.8 cm³/mol. The van der Waals surface area contributed by atoms with Crippen LogP contribution in [0, 0.1) is 11.6 Å². The minimum absolute atomic E-state index is 0.0147. The van der Waals surface area contributed by atoms with Crippen molar-refractivity contribution in [2.24, 2.45) is 0 Å². The smallest absolute Gasteiger partial charge is 0.244 e. The molecule has 1 rings (SSSR count). The zero-order valence-electron chi connectivity index (χ0n) is 9.70. The molecule has 0 unspecified atom stereocenters. The van der Waals surface area contributed by atoms with Crippen molar-refractivity contribution >= 4 is 27.5 Å². The summed E-state index contributed by atoms with van der Waals surface area (Å²) in [5.74, 6) is -1.77. The van der Waals surface area contributed by atoms with Crippen LogP contribution in [0.15, 0.2) is 16.6 Å². The van der Waals surface area contributed by atoms with Gasteiger partial charge >= 0.3 is 0 Å². The second-order valence-electron chi connectivity index (χ2n) is 4.08. The first-order valence-electron chi connectivity index (χ1n) is 4.93. The van der Waals surface area contributed by atoms with Gasteiger partial charge in [0.2, 0.25) is 5.91 Å². The SMILES string of the molecule is CNC(C)(C)C(=O)Nc1cc(F)c(Br)cc1F. The van der Waals surface area contributed by atoms with E-state index in [1.807, 2.05) is 0 Å². The molecule has 6 heteroatoms. The minimum Gasteiger partial charge on any atom is -0.322 e. The van der Waals surface area contributed by atoms with Crippen LogP contribution >= 0.6 is 15.9 Å². The van der Waals surface area contributed by atoms with Gasteiger partial charge in [-0.05, 0) is 42.9 Å². The molecule has 1 aromatic carbocycles. The van der Waals surface area contributed by atoms with Crippen LogP contribution in [-0.4, -0.2) is 18.5 Å². The summed E-state index contributed by atoms with van der Waals surface area (Å²) in [7, 11) is 1.61. The van der Waals surface area contributed by atoms with Gasteiger partial charge in [0.1, 0.15) is 11.6 Å². The molecule has 3 nitrogen and oxygen atoms in total. The average Bonchev–Trinajstić information content (AvgIpc) is 2.25. The summed E-state index contributed by atoms with van der Waals surface area (Å²) in [6.45, 7) is 3.27. The molecule has 1 amide bonds. The van der Waals surface area contributed by atoms with E-state index in [0.29, 0.717) is 0 Å². The van der Waals surface area contributed by atoms with Crippen molar-refractivity contribution in [1.82, 2.24) is 5.32 Å². The fourth-order valence-electron chi connectivity index (χ4n) is 1.01. The van der Waals surface area contributed by atoms with E-state index in [9.17, 15) is 13.6 Å². The molecule has 2 N–H and O–H groups in total. The summed E-state index contributed by atoms with van der Waals surface area (Å²) in [5, 5.41) is 5.10. The standard InChI is InChI=1S/C11H13BrF2N2O/c1-11(2,15-3)10(17)16-9-5-7(13)6(12)4-8(9)14/h4-5,15H,1-3H3,(H,16,17). The van der Waals surface area contributed by atoms with Gasteiger partial charge in [-0.3, -0.25) is 4.79 Å². The van der Waals surface area contributed by atoms with Gasteiger partial charge in [0.25, 0.3) is 0 Å². The van der Waals surface area contributed by atoms with Crippen molar-refractivity contribution in [3.8, 4) is 0 Å². The maximum atomic E-state index is 13.5. The van der Waals surface area contributed by atoms with E-state index in [1.165, 1.54) is 0 Å². The van der Waals surface area contributed by atoms with Crippen molar-refractivity contribution in [2.45, 2.75) is 19.4 Å². The molecular formula is C11H13BrF2N2O. The Bertz CT molecular complexity index is 449. The number of carbonyl (C=O) groups is 1. The van der Waals surface area contributed by atoms with E-state index >= 15 is 0 Å². The molecule has 0 saturated carbocycles. The lowest BCUT2D eigenvalue weighted by Gasteiger charge is -2.22. The molecule has 0 radical (unpaired) electrons. The third-order valence-electron chi connectivity index (χ3n) is 2.45. The quantitative estimate of drug-likeness (QED) is 0.843. The molecule has 0 aliphatic rings. The number of rotatable bonds is 3. The van der Waals surface area contributed by atoms with Crippen molar-refractivity contribution < 1.29 is 13.6 Å². The minimum atomic E-state index is -0.865. The molecule has 0 aromatic heterocycles. The number of hydrogen-bond donors (Lipinski definition) is 2. The Morgan fingerprint density at radius 2 is 1.88 bits per heavy atom. The Balaban J connectivity index is 2.97. The maximum absolute atomic E-state index is 13.5. The Labute approximate surface area is 107 Å². The first kappa shape index (κ1) is 14.1. The Morgan fingerprint density at radius 1 is 1.29 bits per heavy atom. The van der Waals surface area contributed by atoms with Crippen LogP contribution in [0.25, 0.3) is 0 Å². The number of halogens is 3. The molecule has 0 heterocycles. The van der Waals surface area contributed by atoms with Crippen LogP contribution in [0.3, 0.4) is 0 Å². The van der Waals surface area contributed by atoms with Gasteiger partial charge < -0.3 is 10.6 Å². The van der Waals surface area contributed by atoms with Gasteiger partial charge in [0.15, 0.2) is 0 Å². The van der Waals surface area contributed by atoms with E-state index in [4.69, 9.17) is 0 Å². The topological polar surface area (TPSA) is 41.1 Å². The highest BCUT2D eigenvalue weighted by Gasteiger charge is 2.26. The molecular weight excluding hydrogens is 294 g/mol. The number of amides is 1. The number of carbonyl (C=O) groups excluding carboxylic acids is 1. The molecule has 0 aliphatic heterocycles. The molecule has 1 aromatic rings. The van der Waals surface area contributed by atoms with Gasteiger partial charge in [-0.15, -0.1) is 0 Å². The van der Waals surface area contributed by atoms with Crippen molar-refractivity contribution in [1.29, 1.82) is 0 Å². The van der Waals surface area contributed by atoms with Crippen LogP contribution < -0.4 is 10.6 Å². The monoisotopic (exact) mass is 306 g/mol. The maximum Gasteiger partial charge on any atom is 0.244 e. The van der Waals surface area contributed by atoms with Crippen LogP contribution in [0.1, 0.15) is 13.8 Å². The van der Waals surface area contributed by atoms with Gasteiger partial charge in [-0.1, -0.05) is 0 Å². The summed E-state index contributed by atoms with van der Waals surface area (Å²) in [4.78, 5) is 11.7. The molecule has 0 bridgehead atoms. The second-order valence-corrected chi connectivity index (χ2v) is 4.93. The average molecular weight is 307 g/mol. The predicted octanol–water partition coefficient (Wildman–Crippen LogP) is 2.66. The Kier molecular flexibility index (Phi) is 4.21. The third-order valence-corrected chi connectivity index (χ3v) is 3.06. The molecule has 0 aliphatic carbocycles.